The molecule has 0 aliphatic rings. The zero-order valence-corrected chi connectivity index (χ0v) is 37.7. The number of amides is 1. The van der Waals surface area contributed by atoms with Crippen LogP contribution in [-0.2, 0) is 4.79 Å². The number of hydrogen-bond acceptors (Lipinski definition) is 4. The van der Waals surface area contributed by atoms with E-state index in [0.29, 0.717) is 6.42 Å². The van der Waals surface area contributed by atoms with Gasteiger partial charge in [-0.3, -0.25) is 4.79 Å². The average Bonchev–Trinajstić information content (AvgIpc) is 3.22. The highest BCUT2D eigenvalue weighted by Gasteiger charge is 2.22. The first-order valence-electron chi connectivity index (χ1n) is 24.6. The Hall–Kier alpha value is -1.95. The van der Waals surface area contributed by atoms with Crippen molar-refractivity contribution in [1.29, 1.82) is 0 Å². The van der Waals surface area contributed by atoms with Crippen molar-refractivity contribution in [3.8, 4) is 0 Å². The molecular weight excluding hydrogens is 703 g/mol. The van der Waals surface area contributed by atoms with Gasteiger partial charge in [0.1, 0.15) is 6.10 Å². The molecule has 1 amide bonds. The first-order valence-corrected chi connectivity index (χ1v) is 24.6. The molecule has 0 aromatic carbocycles. The van der Waals surface area contributed by atoms with Crippen LogP contribution in [-0.4, -0.2) is 46.1 Å². The second-order valence-corrected chi connectivity index (χ2v) is 16.6. The Kier molecular flexibility index (Phi) is 45.1. The largest absolute Gasteiger partial charge is 0.394 e. The number of hydrogen-bond donors (Lipinski definition) is 4. The molecule has 0 heterocycles. The van der Waals surface area contributed by atoms with Crippen molar-refractivity contribution in [3.05, 3.63) is 60.8 Å². The number of aliphatic hydroxyl groups is 3. The Balaban J connectivity index is 3.74. The van der Waals surface area contributed by atoms with E-state index < -0.39 is 24.2 Å². The summed E-state index contributed by atoms with van der Waals surface area (Å²) in [6, 6.07) is -0.828. The molecule has 332 valence electrons. The summed E-state index contributed by atoms with van der Waals surface area (Å²) in [5.74, 6) is -0.526. The van der Waals surface area contributed by atoms with Crippen molar-refractivity contribution >= 4 is 5.91 Å². The third-order valence-electron chi connectivity index (χ3n) is 11.1. The van der Waals surface area contributed by atoms with E-state index in [1.807, 2.05) is 6.08 Å². The summed E-state index contributed by atoms with van der Waals surface area (Å²) in [7, 11) is 0. The van der Waals surface area contributed by atoms with Gasteiger partial charge in [0, 0.05) is 0 Å². The van der Waals surface area contributed by atoms with Crippen LogP contribution in [0.3, 0.4) is 0 Å². The lowest BCUT2D eigenvalue weighted by Crippen LogP contribution is -2.48. The first kappa shape index (κ1) is 55.0. The third-order valence-corrected chi connectivity index (χ3v) is 11.1. The molecule has 57 heavy (non-hydrogen) atoms. The molecular formula is C52H95NO4. The van der Waals surface area contributed by atoms with Crippen molar-refractivity contribution < 1.29 is 20.1 Å². The second-order valence-electron chi connectivity index (χ2n) is 16.6. The van der Waals surface area contributed by atoms with Crippen LogP contribution in [0.2, 0.25) is 0 Å². The minimum absolute atomic E-state index is 0.387. The molecule has 0 aliphatic heterocycles. The maximum absolute atomic E-state index is 12.5. The van der Waals surface area contributed by atoms with Gasteiger partial charge in [-0.15, -0.1) is 0 Å². The molecule has 0 rings (SSSR count). The van der Waals surface area contributed by atoms with Gasteiger partial charge in [-0.2, -0.15) is 0 Å². The van der Waals surface area contributed by atoms with E-state index in [1.165, 1.54) is 161 Å². The molecule has 0 aliphatic carbocycles. The number of carbonyl (C=O) groups is 1. The maximum Gasteiger partial charge on any atom is 0.249 e. The van der Waals surface area contributed by atoms with Gasteiger partial charge in [0.15, 0.2) is 0 Å². The highest BCUT2D eigenvalue weighted by atomic mass is 16.3. The molecule has 0 fully saturated rings. The van der Waals surface area contributed by atoms with E-state index in [9.17, 15) is 20.1 Å². The van der Waals surface area contributed by atoms with Crippen LogP contribution in [0.25, 0.3) is 0 Å². The highest BCUT2D eigenvalue weighted by molar-refractivity contribution is 5.80. The molecule has 0 aromatic rings. The fourth-order valence-electron chi connectivity index (χ4n) is 7.19. The lowest BCUT2D eigenvalue weighted by Gasteiger charge is -2.21. The lowest BCUT2D eigenvalue weighted by atomic mass is 10.0. The van der Waals surface area contributed by atoms with Crippen LogP contribution in [0.4, 0.5) is 0 Å². The molecule has 3 atom stereocenters. The van der Waals surface area contributed by atoms with E-state index in [1.54, 1.807) is 6.08 Å². The molecule has 0 saturated heterocycles. The molecule has 0 spiro atoms. The van der Waals surface area contributed by atoms with Crippen LogP contribution in [0.5, 0.6) is 0 Å². The molecule has 0 radical (unpaired) electrons. The zero-order chi connectivity index (χ0) is 41.5. The van der Waals surface area contributed by atoms with E-state index in [-0.39, 0.29) is 6.61 Å². The number of allylic oxidation sites excluding steroid dienone is 9. The van der Waals surface area contributed by atoms with Crippen molar-refractivity contribution in [3.63, 3.8) is 0 Å². The molecule has 0 saturated carbocycles. The Morgan fingerprint density at radius 2 is 0.772 bits per heavy atom. The van der Waals surface area contributed by atoms with Gasteiger partial charge in [0.25, 0.3) is 0 Å². The summed E-state index contributed by atoms with van der Waals surface area (Å²) in [5.41, 5.74) is 0. The van der Waals surface area contributed by atoms with Gasteiger partial charge in [0.05, 0.1) is 18.8 Å². The Bertz CT molecular complexity index is 969. The summed E-state index contributed by atoms with van der Waals surface area (Å²) in [5, 5.41) is 33.2. The summed E-state index contributed by atoms with van der Waals surface area (Å²) in [6.07, 6.45) is 62.7. The minimum Gasteiger partial charge on any atom is -0.394 e. The van der Waals surface area contributed by atoms with Crippen molar-refractivity contribution in [1.82, 2.24) is 5.32 Å². The van der Waals surface area contributed by atoms with Crippen LogP contribution >= 0.6 is 0 Å². The fraction of sp³-hybridized carbons (Fsp3) is 0.788. The lowest BCUT2D eigenvalue weighted by molar-refractivity contribution is -0.131. The quantitative estimate of drug-likeness (QED) is 0.0365. The van der Waals surface area contributed by atoms with E-state index in [0.717, 1.165) is 57.8 Å². The van der Waals surface area contributed by atoms with Crippen molar-refractivity contribution in [2.75, 3.05) is 6.61 Å². The van der Waals surface area contributed by atoms with Gasteiger partial charge in [-0.1, -0.05) is 222 Å². The Morgan fingerprint density at radius 1 is 0.439 bits per heavy atom. The van der Waals surface area contributed by atoms with Gasteiger partial charge in [-0.25, -0.2) is 0 Å². The number of nitrogens with one attached hydrogen (secondary N) is 1. The fourth-order valence-corrected chi connectivity index (χ4v) is 7.19. The number of carbonyl (C=O) groups excluding carboxylic acids is 1. The van der Waals surface area contributed by atoms with Gasteiger partial charge in [-0.05, 0) is 77.0 Å². The van der Waals surface area contributed by atoms with Crippen molar-refractivity contribution in [2.45, 2.75) is 257 Å². The van der Waals surface area contributed by atoms with E-state index in [2.05, 4.69) is 67.8 Å². The van der Waals surface area contributed by atoms with E-state index in [4.69, 9.17) is 0 Å². The maximum atomic E-state index is 12.5. The molecule has 0 aromatic heterocycles. The smallest absolute Gasteiger partial charge is 0.249 e. The van der Waals surface area contributed by atoms with Crippen LogP contribution in [0, 0.1) is 0 Å². The molecule has 4 N–H and O–H groups in total. The van der Waals surface area contributed by atoms with Crippen LogP contribution < -0.4 is 5.32 Å². The summed E-state index contributed by atoms with van der Waals surface area (Å²) in [4.78, 5) is 12.5. The monoisotopic (exact) mass is 798 g/mol. The van der Waals surface area contributed by atoms with Crippen LogP contribution in [0.1, 0.15) is 239 Å². The third kappa shape index (κ3) is 42.0. The predicted octanol–water partition coefficient (Wildman–Crippen LogP) is 14.7. The normalized spacial score (nSPS) is 14.0. The van der Waals surface area contributed by atoms with Gasteiger partial charge in [0.2, 0.25) is 5.91 Å². The molecule has 5 heteroatoms. The number of aliphatic hydroxyl groups excluding tert-OH is 3. The minimum atomic E-state index is -1.12. The predicted molar refractivity (Wildman–Crippen MR) is 250 cm³/mol. The SMILES string of the molecule is CCCCCCCCCCC/C=C\C/C=C\CCCCCCCCC(O)C(=O)NC(CO)C(O)/C=C/CC/C=C/CC/C=C/CCCCCCCCCCCCC. The standard InChI is InChI=1S/C52H95NO4/c1-3-5-7-9-11-13-15-17-19-21-23-25-27-29-31-33-35-37-39-41-43-45-47-51(56)52(57)53-49(48-54)50(55)46-44-42-40-38-36-34-32-30-28-26-24-22-20-18-16-14-12-10-8-6-4-2/h23,25,28-31,36,38,44,46,49-51,54-56H,3-22,24,26-27,32-35,37,39-43,45,47-48H2,1-2H3,(H,53,57)/b25-23-,30-28+,31-29-,38-36+,46-44+. The van der Waals surface area contributed by atoms with Gasteiger partial charge >= 0.3 is 0 Å². The van der Waals surface area contributed by atoms with Crippen LogP contribution in [0.15, 0.2) is 60.8 Å². The summed E-state index contributed by atoms with van der Waals surface area (Å²) >= 11 is 0. The Morgan fingerprint density at radius 3 is 1.18 bits per heavy atom. The van der Waals surface area contributed by atoms with Crippen molar-refractivity contribution in [2.24, 2.45) is 0 Å². The van der Waals surface area contributed by atoms with Gasteiger partial charge < -0.3 is 20.6 Å². The Labute approximate surface area is 354 Å². The molecule has 3 unspecified atom stereocenters. The molecule has 5 nitrogen and oxygen atoms in total. The molecule has 0 bridgehead atoms. The zero-order valence-electron chi connectivity index (χ0n) is 37.7. The summed E-state index contributed by atoms with van der Waals surface area (Å²) in [6.45, 7) is 4.17. The number of unbranched alkanes of at least 4 members (excludes halogenated alkanes) is 28. The summed E-state index contributed by atoms with van der Waals surface area (Å²) < 4.78 is 0. The topological polar surface area (TPSA) is 89.8 Å². The second kappa shape index (κ2) is 46.7. The highest BCUT2D eigenvalue weighted by Crippen LogP contribution is 2.14. The average molecular weight is 798 g/mol. The van der Waals surface area contributed by atoms with E-state index >= 15 is 0 Å². The first-order chi connectivity index (χ1) is 28.1. The number of rotatable bonds is 44.